The maximum atomic E-state index is 12.4. The highest BCUT2D eigenvalue weighted by molar-refractivity contribution is 6.06. The number of allylic oxidation sites excluding steroid dienone is 4. The molecule has 4 nitrogen and oxygen atoms in total. The van der Waals surface area contributed by atoms with E-state index in [1.54, 1.807) is 6.20 Å². The highest BCUT2D eigenvalue weighted by atomic mass is 16.2. The number of para-hydroxylation sites is 1. The van der Waals surface area contributed by atoms with Crippen LogP contribution in [0.2, 0.25) is 0 Å². The highest BCUT2D eigenvalue weighted by Crippen LogP contribution is 2.41. The quantitative estimate of drug-likeness (QED) is 0.410. The second kappa shape index (κ2) is 7.24. The summed E-state index contributed by atoms with van der Waals surface area (Å²) in [6.07, 6.45) is 10.5. The van der Waals surface area contributed by atoms with Gasteiger partial charge in [-0.1, -0.05) is 56.4 Å². The molecule has 1 aromatic heterocycles. The molecule has 0 fully saturated rings. The van der Waals surface area contributed by atoms with E-state index in [-0.39, 0.29) is 11.3 Å². The minimum atomic E-state index is -0.189. The monoisotopic (exact) mass is 349 g/mol. The van der Waals surface area contributed by atoms with Crippen molar-refractivity contribution in [3.8, 4) is 0 Å². The Morgan fingerprint density at radius 3 is 2.85 bits per heavy atom. The van der Waals surface area contributed by atoms with Gasteiger partial charge in [-0.05, 0) is 37.3 Å². The third kappa shape index (κ3) is 3.74. The van der Waals surface area contributed by atoms with E-state index in [1.165, 1.54) is 12.0 Å². The van der Waals surface area contributed by atoms with Gasteiger partial charge in [-0.15, -0.1) is 0 Å². The molecule has 4 heteroatoms. The first-order valence-corrected chi connectivity index (χ1v) is 9.05. The molecule has 0 bridgehead atoms. The largest absolute Gasteiger partial charge is 0.360 e. The summed E-state index contributed by atoms with van der Waals surface area (Å²) in [5.41, 5.74) is 9.47. The maximum absolute atomic E-state index is 12.4. The van der Waals surface area contributed by atoms with Gasteiger partial charge in [0.2, 0.25) is 0 Å². The van der Waals surface area contributed by atoms with Crippen LogP contribution in [-0.4, -0.2) is 10.9 Å². The first-order valence-electron chi connectivity index (χ1n) is 9.05. The fraction of sp³-hybridized carbons (Fsp3) is 0.318. The lowest BCUT2D eigenvalue weighted by molar-refractivity contribution is 0.0941. The van der Waals surface area contributed by atoms with E-state index in [9.17, 15) is 4.79 Å². The van der Waals surface area contributed by atoms with Crippen LogP contribution in [0, 0.1) is 11.3 Å². The number of amides is 1. The number of hydrogen-bond acceptors (Lipinski definition) is 2. The van der Waals surface area contributed by atoms with Gasteiger partial charge in [0, 0.05) is 28.7 Å². The molecule has 0 unspecified atom stereocenters. The van der Waals surface area contributed by atoms with Gasteiger partial charge in [-0.2, -0.15) is 0 Å². The Bertz CT molecular complexity index is 886. The number of fused-ring (bicyclic) bond motifs is 1. The van der Waals surface area contributed by atoms with E-state index in [2.05, 4.69) is 55.3 Å². The Labute approximate surface area is 155 Å². The lowest BCUT2D eigenvalue weighted by Gasteiger charge is -2.36. The fourth-order valence-electron chi connectivity index (χ4n) is 3.70. The third-order valence-electron chi connectivity index (χ3n) is 5.25. The minimum absolute atomic E-state index is 0.189. The fourth-order valence-corrected chi connectivity index (χ4v) is 3.70. The Kier molecular flexibility index (Phi) is 5.03. The average Bonchev–Trinajstić information content (AvgIpc) is 3.03. The van der Waals surface area contributed by atoms with Crippen molar-refractivity contribution in [2.24, 2.45) is 11.3 Å². The van der Waals surface area contributed by atoms with Crippen molar-refractivity contribution in [3.05, 3.63) is 72.1 Å². The van der Waals surface area contributed by atoms with Crippen molar-refractivity contribution < 1.29 is 4.79 Å². The second-order valence-corrected chi connectivity index (χ2v) is 7.66. The van der Waals surface area contributed by atoms with Gasteiger partial charge in [-0.25, -0.2) is 0 Å². The van der Waals surface area contributed by atoms with Crippen molar-refractivity contribution in [1.82, 2.24) is 15.8 Å². The second-order valence-electron chi connectivity index (χ2n) is 7.66. The zero-order valence-corrected chi connectivity index (χ0v) is 15.7. The van der Waals surface area contributed by atoms with E-state index in [1.807, 2.05) is 30.3 Å². The van der Waals surface area contributed by atoms with Crippen LogP contribution in [-0.2, 0) is 0 Å². The summed E-state index contributed by atoms with van der Waals surface area (Å²) in [7, 11) is 0. The summed E-state index contributed by atoms with van der Waals surface area (Å²) >= 11 is 0. The van der Waals surface area contributed by atoms with Gasteiger partial charge in [0.15, 0.2) is 0 Å². The van der Waals surface area contributed by atoms with E-state index < -0.39 is 0 Å². The zero-order valence-electron chi connectivity index (χ0n) is 15.7. The van der Waals surface area contributed by atoms with Crippen molar-refractivity contribution in [2.45, 2.75) is 33.6 Å². The number of carbonyl (C=O) groups excluding carboxylic acids is 1. The van der Waals surface area contributed by atoms with E-state index >= 15 is 0 Å². The summed E-state index contributed by atoms with van der Waals surface area (Å²) in [5.74, 6) is 0.199. The van der Waals surface area contributed by atoms with Gasteiger partial charge in [0.05, 0.1) is 5.56 Å². The van der Waals surface area contributed by atoms with Crippen molar-refractivity contribution in [1.29, 1.82) is 0 Å². The molecule has 1 atom stereocenters. The van der Waals surface area contributed by atoms with Crippen molar-refractivity contribution >= 4 is 16.8 Å². The number of H-pyrrole nitrogens is 1. The molecule has 0 saturated heterocycles. The minimum Gasteiger partial charge on any atom is -0.360 e. The normalized spacial score (nSPS) is 19.3. The molecule has 1 heterocycles. The summed E-state index contributed by atoms with van der Waals surface area (Å²) in [6.45, 7) is 10.8. The molecule has 2 aromatic rings. The molecule has 1 amide bonds. The number of carbonyl (C=O) groups is 1. The number of nitrogens with one attached hydrogen (secondary N) is 3. The Morgan fingerprint density at radius 2 is 2.08 bits per heavy atom. The number of hydrazine groups is 1. The first kappa shape index (κ1) is 18.1. The predicted octanol–water partition coefficient (Wildman–Crippen LogP) is 4.85. The standard InChI is InChI=1S/C22H27N3O/c1-15-8-7-13-22(3,4)19(15)12-11-16(2)24-25-21(26)18-14-23-20-10-6-5-9-17(18)20/h5-6,8-12,14,19,23-24H,2,7,13H2,1,3-4H3,(H,25,26)/b12-11+/t19-/m0/s1. The van der Waals surface area contributed by atoms with Crippen LogP contribution in [0.1, 0.15) is 44.0 Å². The number of benzene rings is 1. The molecule has 0 spiro atoms. The highest BCUT2D eigenvalue weighted by Gasteiger charge is 2.30. The Hall–Kier alpha value is -2.75. The molecule has 3 N–H and O–H groups in total. The molecule has 1 aliphatic carbocycles. The van der Waals surface area contributed by atoms with Gasteiger partial charge in [-0.3, -0.25) is 15.6 Å². The van der Waals surface area contributed by atoms with E-state index in [0.717, 1.165) is 17.3 Å². The van der Waals surface area contributed by atoms with Crippen LogP contribution in [0.3, 0.4) is 0 Å². The van der Waals surface area contributed by atoms with Crippen LogP contribution < -0.4 is 10.9 Å². The SMILES string of the molecule is C=C(/C=C/[C@H]1C(C)=CCCC1(C)C)NNC(=O)c1c[nH]c2ccccc12. The maximum Gasteiger partial charge on any atom is 0.271 e. The molecule has 1 aromatic carbocycles. The average molecular weight is 349 g/mol. The van der Waals surface area contributed by atoms with Crippen LogP contribution in [0.5, 0.6) is 0 Å². The molecular formula is C22H27N3O. The summed E-state index contributed by atoms with van der Waals surface area (Å²) in [5, 5.41) is 0.901. The van der Waals surface area contributed by atoms with Crippen LogP contribution in [0.25, 0.3) is 10.9 Å². The molecule has 0 radical (unpaired) electrons. The van der Waals surface area contributed by atoms with Crippen LogP contribution in [0.4, 0.5) is 0 Å². The molecule has 0 saturated carbocycles. The molecular weight excluding hydrogens is 322 g/mol. The molecule has 3 rings (SSSR count). The van der Waals surface area contributed by atoms with Crippen LogP contribution in [0.15, 0.2) is 66.5 Å². The lowest BCUT2D eigenvalue weighted by atomic mass is 9.68. The third-order valence-corrected chi connectivity index (χ3v) is 5.25. The Balaban J connectivity index is 1.61. The van der Waals surface area contributed by atoms with Crippen molar-refractivity contribution in [3.63, 3.8) is 0 Å². The summed E-state index contributed by atoms with van der Waals surface area (Å²) in [4.78, 5) is 15.5. The Morgan fingerprint density at radius 1 is 1.31 bits per heavy atom. The van der Waals surface area contributed by atoms with E-state index in [4.69, 9.17) is 0 Å². The van der Waals surface area contributed by atoms with Gasteiger partial charge in [0.25, 0.3) is 5.91 Å². The number of hydrogen-bond donors (Lipinski definition) is 3. The summed E-state index contributed by atoms with van der Waals surface area (Å²) in [6, 6.07) is 7.73. The number of aromatic amines is 1. The lowest BCUT2D eigenvalue weighted by Crippen LogP contribution is -2.36. The molecule has 0 aliphatic heterocycles. The van der Waals surface area contributed by atoms with Gasteiger partial charge < -0.3 is 4.98 Å². The topological polar surface area (TPSA) is 56.9 Å². The smallest absolute Gasteiger partial charge is 0.271 e. The first-order chi connectivity index (χ1) is 12.4. The van der Waals surface area contributed by atoms with Gasteiger partial charge >= 0.3 is 0 Å². The molecule has 26 heavy (non-hydrogen) atoms. The van der Waals surface area contributed by atoms with Gasteiger partial charge in [0.1, 0.15) is 0 Å². The van der Waals surface area contributed by atoms with E-state index in [0.29, 0.717) is 17.2 Å². The zero-order chi connectivity index (χ0) is 18.7. The van der Waals surface area contributed by atoms with Crippen LogP contribution >= 0.6 is 0 Å². The predicted molar refractivity (Wildman–Crippen MR) is 107 cm³/mol. The number of rotatable bonds is 5. The number of aromatic nitrogens is 1. The summed E-state index contributed by atoms with van der Waals surface area (Å²) < 4.78 is 0. The molecule has 1 aliphatic rings. The molecule has 136 valence electrons. The van der Waals surface area contributed by atoms with Crippen molar-refractivity contribution in [2.75, 3.05) is 0 Å².